The summed E-state index contributed by atoms with van der Waals surface area (Å²) in [6, 6.07) is 0. The number of aromatic nitrogens is 1. The Bertz CT molecular complexity index is 511. The molecule has 1 rings (SSSR count). The maximum Gasteiger partial charge on any atom is 0.397 e. The number of halogens is 4. The number of amides is 1. The quantitative estimate of drug-likeness (QED) is 0.927. The first-order chi connectivity index (χ1) is 8.23. The van der Waals surface area contributed by atoms with E-state index in [9.17, 15) is 22.8 Å². The number of hydrogen-bond acceptors (Lipinski definition) is 2. The Morgan fingerprint density at radius 1 is 1.44 bits per heavy atom. The zero-order valence-electron chi connectivity index (χ0n) is 9.34. The standard InChI is InChI=1S/C10H10BrF3N2O2/c1-2-16-4-6(11)9(18)7(5-16)15-8(17)3-10(12,13)14/h4-5H,2-3H2,1H3,(H,15,17). The molecule has 1 heterocycles. The molecule has 0 radical (unpaired) electrons. The Morgan fingerprint density at radius 3 is 2.56 bits per heavy atom. The summed E-state index contributed by atoms with van der Waals surface area (Å²) in [6.07, 6.45) is -3.44. The van der Waals surface area contributed by atoms with Crippen LogP contribution in [0.15, 0.2) is 21.7 Å². The van der Waals surface area contributed by atoms with Crippen molar-refractivity contribution >= 4 is 27.5 Å². The van der Waals surface area contributed by atoms with E-state index in [0.717, 1.165) is 0 Å². The average Bonchev–Trinajstić information content (AvgIpc) is 2.21. The molecule has 1 aromatic heterocycles. The molecule has 0 unspecified atom stereocenters. The van der Waals surface area contributed by atoms with Crippen LogP contribution in [0.25, 0.3) is 0 Å². The smallest absolute Gasteiger partial charge is 0.351 e. The van der Waals surface area contributed by atoms with Gasteiger partial charge in [0.1, 0.15) is 12.1 Å². The van der Waals surface area contributed by atoms with Gasteiger partial charge in [0, 0.05) is 18.9 Å². The molecular formula is C10H10BrF3N2O2. The molecule has 4 nitrogen and oxygen atoms in total. The van der Waals surface area contributed by atoms with Crippen LogP contribution >= 0.6 is 15.9 Å². The molecular weight excluding hydrogens is 317 g/mol. The average molecular weight is 327 g/mol. The van der Waals surface area contributed by atoms with Gasteiger partial charge in [-0.25, -0.2) is 0 Å². The molecule has 0 spiro atoms. The minimum absolute atomic E-state index is 0.175. The third kappa shape index (κ3) is 4.17. The Hall–Kier alpha value is -1.31. The molecule has 0 aliphatic heterocycles. The van der Waals surface area contributed by atoms with Crippen LogP contribution in [0.4, 0.5) is 18.9 Å². The maximum absolute atomic E-state index is 12.0. The molecule has 1 aromatic rings. The van der Waals surface area contributed by atoms with Crippen molar-refractivity contribution < 1.29 is 18.0 Å². The molecule has 0 aromatic carbocycles. The summed E-state index contributed by atoms with van der Waals surface area (Å²) in [4.78, 5) is 22.7. The van der Waals surface area contributed by atoms with Crippen molar-refractivity contribution in [2.45, 2.75) is 26.1 Å². The van der Waals surface area contributed by atoms with Gasteiger partial charge in [-0.15, -0.1) is 0 Å². The van der Waals surface area contributed by atoms with Crippen LogP contribution in [0.3, 0.4) is 0 Å². The van der Waals surface area contributed by atoms with Crippen LogP contribution in [0.1, 0.15) is 13.3 Å². The Labute approximate surface area is 109 Å². The summed E-state index contributed by atoms with van der Waals surface area (Å²) in [6.45, 7) is 2.30. The van der Waals surface area contributed by atoms with Gasteiger partial charge in [0.15, 0.2) is 0 Å². The first kappa shape index (κ1) is 14.7. The van der Waals surface area contributed by atoms with Gasteiger partial charge in [0.25, 0.3) is 0 Å². The van der Waals surface area contributed by atoms with Crippen molar-refractivity contribution in [2.24, 2.45) is 0 Å². The van der Waals surface area contributed by atoms with E-state index in [2.05, 4.69) is 15.9 Å². The molecule has 0 atom stereocenters. The topological polar surface area (TPSA) is 51.1 Å². The van der Waals surface area contributed by atoms with Crippen molar-refractivity contribution in [3.8, 4) is 0 Å². The Kier molecular flexibility index (Phi) is 4.55. The first-order valence-corrected chi connectivity index (χ1v) is 5.78. The normalized spacial score (nSPS) is 11.4. The lowest BCUT2D eigenvalue weighted by Gasteiger charge is -2.10. The minimum Gasteiger partial charge on any atom is -0.351 e. The molecule has 0 saturated heterocycles. The second kappa shape index (κ2) is 5.55. The van der Waals surface area contributed by atoms with Gasteiger partial charge in [0.2, 0.25) is 11.3 Å². The van der Waals surface area contributed by atoms with Gasteiger partial charge in [-0.3, -0.25) is 9.59 Å². The maximum atomic E-state index is 12.0. The number of pyridine rings is 1. The number of alkyl halides is 3. The van der Waals surface area contributed by atoms with E-state index in [0.29, 0.717) is 6.54 Å². The highest BCUT2D eigenvalue weighted by Crippen LogP contribution is 2.20. The van der Waals surface area contributed by atoms with Crippen molar-refractivity contribution in [1.82, 2.24) is 4.57 Å². The van der Waals surface area contributed by atoms with Crippen LogP contribution in [-0.4, -0.2) is 16.7 Å². The van der Waals surface area contributed by atoms with Crippen molar-refractivity contribution in [2.75, 3.05) is 5.32 Å². The largest absolute Gasteiger partial charge is 0.397 e. The van der Waals surface area contributed by atoms with Crippen molar-refractivity contribution in [1.29, 1.82) is 0 Å². The fourth-order valence-electron chi connectivity index (χ4n) is 1.24. The Balaban J connectivity index is 2.94. The van der Waals surface area contributed by atoms with E-state index in [1.807, 2.05) is 5.32 Å². The van der Waals surface area contributed by atoms with Crippen LogP contribution in [-0.2, 0) is 11.3 Å². The summed E-state index contributed by atoms with van der Waals surface area (Å²) in [7, 11) is 0. The number of nitrogens with one attached hydrogen (secondary N) is 1. The second-order valence-electron chi connectivity index (χ2n) is 3.52. The monoisotopic (exact) mass is 326 g/mol. The molecule has 8 heteroatoms. The second-order valence-corrected chi connectivity index (χ2v) is 4.37. The predicted octanol–water partition coefficient (Wildman–Crippen LogP) is 2.52. The van der Waals surface area contributed by atoms with Crippen LogP contribution in [0, 0.1) is 0 Å². The van der Waals surface area contributed by atoms with E-state index >= 15 is 0 Å². The van der Waals surface area contributed by atoms with Crippen LogP contribution in [0.5, 0.6) is 0 Å². The molecule has 0 saturated carbocycles. The minimum atomic E-state index is -4.60. The summed E-state index contributed by atoms with van der Waals surface area (Å²) < 4.78 is 37.7. The highest BCUT2D eigenvalue weighted by molar-refractivity contribution is 9.10. The van der Waals surface area contributed by atoms with Gasteiger partial charge in [-0.2, -0.15) is 13.2 Å². The molecule has 0 fully saturated rings. The molecule has 18 heavy (non-hydrogen) atoms. The van der Waals surface area contributed by atoms with Crippen molar-refractivity contribution in [3.05, 3.63) is 27.1 Å². The summed E-state index contributed by atoms with van der Waals surface area (Å²) in [5.41, 5.74) is -0.740. The SMILES string of the molecule is CCn1cc(Br)c(=O)c(NC(=O)CC(F)(F)F)c1. The molecule has 0 aliphatic rings. The lowest BCUT2D eigenvalue weighted by atomic mass is 10.3. The number of hydrogen-bond donors (Lipinski definition) is 1. The van der Waals surface area contributed by atoms with Gasteiger partial charge in [0.05, 0.1) is 4.47 Å². The number of nitrogens with zero attached hydrogens (tertiary/aromatic N) is 1. The molecule has 1 amide bonds. The molecule has 1 N–H and O–H groups in total. The fourth-order valence-corrected chi connectivity index (χ4v) is 1.72. The fraction of sp³-hybridized carbons (Fsp3) is 0.400. The lowest BCUT2D eigenvalue weighted by molar-refractivity contribution is -0.150. The number of carbonyl (C=O) groups excluding carboxylic acids is 1. The molecule has 0 bridgehead atoms. The number of aryl methyl sites for hydroxylation is 1. The van der Waals surface area contributed by atoms with E-state index < -0.39 is 23.9 Å². The summed E-state index contributed by atoms with van der Waals surface area (Å²) in [5.74, 6) is -1.26. The lowest BCUT2D eigenvalue weighted by Crippen LogP contribution is -2.25. The van der Waals surface area contributed by atoms with E-state index in [-0.39, 0.29) is 10.2 Å². The summed E-state index contributed by atoms with van der Waals surface area (Å²) in [5, 5.41) is 1.96. The third-order valence-corrected chi connectivity index (χ3v) is 2.60. The van der Waals surface area contributed by atoms with Gasteiger partial charge < -0.3 is 9.88 Å². The van der Waals surface area contributed by atoms with Gasteiger partial charge in [-0.1, -0.05) is 0 Å². The van der Waals surface area contributed by atoms with Crippen molar-refractivity contribution in [3.63, 3.8) is 0 Å². The Morgan fingerprint density at radius 2 is 2.06 bits per heavy atom. The van der Waals surface area contributed by atoms with Gasteiger partial charge >= 0.3 is 6.18 Å². The van der Waals surface area contributed by atoms with E-state index in [1.165, 1.54) is 12.4 Å². The van der Waals surface area contributed by atoms with Crippen LogP contribution < -0.4 is 10.7 Å². The number of anilines is 1. The van der Waals surface area contributed by atoms with E-state index in [4.69, 9.17) is 0 Å². The zero-order valence-corrected chi connectivity index (χ0v) is 10.9. The number of rotatable bonds is 3. The highest BCUT2D eigenvalue weighted by atomic mass is 79.9. The molecule has 0 aliphatic carbocycles. The zero-order chi connectivity index (χ0) is 13.9. The van der Waals surface area contributed by atoms with E-state index in [1.54, 1.807) is 11.5 Å². The highest BCUT2D eigenvalue weighted by Gasteiger charge is 2.31. The number of carbonyl (C=O) groups is 1. The first-order valence-electron chi connectivity index (χ1n) is 4.99. The van der Waals surface area contributed by atoms with Crippen LogP contribution in [0.2, 0.25) is 0 Å². The predicted molar refractivity (Wildman–Crippen MR) is 63.4 cm³/mol. The molecule has 100 valence electrons. The summed E-state index contributed by atoms with van der Waals surface area (Å²) >= 11 is 2.98. The third-order valence-electron chi connectivity index (χ3n) is 2.04. The van der Waals surface area contributed by atoms with Gasteiger partial charge in [-0.05, 0) is 22.9 Å².